The van der Waals surface area contributed by atoms with Gasteiger partial charge in [0.1, 0.15) is 5.76 Å². The summed E-state index contributed by atoms with van der Waals surface area (Å²) < 4.78 is 5.27. The highest BCUT2D eigenvalue weighted by atomic mass is 16.4. The number of aromatic nitrogens is 1. The van der Waals surface area contributed by atoms with Crippen LogP contribution in [0.1, 0.15) is 31.4 Å². The van der Waals surface area contributed by atoms with Crippen LogP contribution >= 0.6 is 0 Å². The van der Waals surface area contributed by atoms with Crippen molar-refractivity contribution in [3.63, 3.8) is 0 Å². The number of oxazole rings is 1. The van der Waals surface area contributed by atoms with Crippen LogP contribution in [0, 0.1) is 0 Å². The zero-order chi connectivity index (χ0) is 7.56. The van der Waals surface area contributed by atoms with Crippen LogP contribution < -0.4 is 0 Å². The maximum atomic E-state index is 5.27. The number of nitrogens with zero attached hydrogens (tertiary/aromatic N) is 1. The average Bonchev–Trinajstić information content (AvgIpc) is 2.34. The molecule has 2 heteroatoms. The van der Waals surface area contributed by atoms with Crippen LogP contribution in [0.25, 0.3) is 6.08 Å². The van der Waals surface area contributed by atoms with Gasteiger partial charge < -0.3 is 4.42 Å². The molecule has 1 aromatic rings. The monoisotopic (exact) mass is 137 g/mol. The van der Waals surface area contributed by atoms with Gasteiger partial charge >= 0.3 is 0 Å². The van der Waals surface area contributed by atoms with Gasteiger partial charge in [0.25, 0.3) is 0 Å². The third kappa shape index (κ3) is 1.26. The molecular weight excluding hydrogens is 126 g/mol. The molecule has 0 bridgehead atoms. The molecule has 2 nitrogen and oxygen atoms in total. The summed E-state index contributed by atoms with van der Waals surface area (Å²) in [4.78, 5) is 3.97. The predicted octanol–water partition coefficient (Wildman–Crippen LogP) is 2.44. The summed E-state index contributed by atoms with van der Waals surface area (Å²) in [7, 11) is 0. The molecule has 0 aliphatic carbocycles. The highest BCUT2D eigenvalue weighted by Gasteiger charge is 2.03. The van der Waals surface area contributed by atoms with Gasteiger partial charge in [0.05, 0.1) is 6.20 Å². The minimum Gasteiger partial charge on any atom is -0.442 e. The van der Waals surface area contributed by atoms with E-state index in [2.05, 4.69) is 25.4 Å². The third-order valence-corrected chi connectivity index (χ3v) is 1.29. The average molecular weight is 137 g/mol. The van der Waals surface area contributed by atoms with E-state index in [4.69, 9.17) is 4.42 Å². The van der Waals surface area contributed by atoms with Gasteiger partial charge in [-0.15, -0.1) is 0 Å². The molecule has 0 aromatic carbocycles. The van der Waals surface area contributed by atoms with E-state index in [0.717, 1.165) is 5.76 Å². The van der Waals surface area contributed by atoms with Crippen molar-refractivity contribution in [3.8, 4) is 0 Å². The predicted molar refractivity (Wildman–Crippen MR) is 40.7 cm³/mol. The van der Waals surface area contributed by atoms with Crippen LogP contribution in [0.15, 0.2) is 17.2 Å². The summed E-state index contributed by atoms with van der Waals surface area (Å²) in [6, 6.07) is 0. The van der Waals surface area contributed by atoms with Gasteiger partial charge in [-0.25, -0.2) is 4.98 Å². The summed E-state index contributed by atoms with van der Waals surface area (Å²) in [5.41, 5.74) is 0. The van der Waals surface area contributed by atoms with Crippen LogP contribution in [0.5, 0.6) is 0 Å². The molecule has 54 valence electrons. The Morgan fingerprint density at radius 3 is 2.70 bits per heavy atom. The summed E-state index contributed by atoms with van der Waals surface area (Å²) in [6.07, 6.45) is 3.34. The second kappa shape index (κ2) is 2.69. The lowest BCUT2D eigenvalue weighted by Gasteiger charge is -1.94. The quantitative estimate of drug-likeness (QED) is 0.625. The molecular formula is C8H11NO. The number of hydrogen-bond donors (Lipinski definition) is 0. The summed E-state index contributed by atoms with van der Waals surface area (Å²) in [5.74, 6) is 1.92. The first-order valence-corrected chi connectivity index (χ1v) is 3.32. The Balaban J connectivity index is 2.88. The molecule has 0 spiro atoms. The molecule has 0 unspecified atom stereocenters. The largest absolute Gasteiger partial charge is 0.442 e. The molecule has 0 saturated carbocycles. The van der Waals surface area contributed by atoms with E-state index < -0.39 is 0 Å². The molecule has 0 N–H and O–H groups in total. The maximum Gasteiger partial charge on any atom is 0.218 e. The molecule has 10 heavy (non-hydrogen) atoms. The minimum absolute atomic E-state index is 0.404. The molecule has 0 radical (unpaired) electrons. The smallest absolute Gasteiger partial charge is 0.218 e. The van der Waals surface area contributed by atoms with Crippen molar-refractivity contribution in [2.75, 3.05) is 0 Å². The molecule has 0 aliphatic rings. The Hall–Kier alpha value is -1.05. The second-order valence-electron chi connectivity index (χ2n) is 2.46. The highest BCUT2D eigenvalue weighted by molar-refractivity contribution is 5.33. The van der Waals surface area contributed by atoms with Crippen molar-refractivity contribution in [2.45, 2.75) is 19.8 Å². The third-order valence-electron chi connectivity index (χ3n) is 1.29. The Morgan fingerprint density at radius 1 is 1.70 bits per heavy atom. The maximum absolute atomic E-state index is 5.27. The first kappa shape index (κ1) is 7.06. The summed E-state index contributed by atoms with van der Waals surface area (Å²) >= 11 is 0. The highest BCUT2D eigenvalue weighted by Crippen LogP contribution is 2.14. The molecule has 0 atom stereocenters. The fraction of sp³-hybridized carbons (Fsp3) is 0.375. The van der Waals surface area contributed by atoms with Gasteiger partial charge in [-0.3, -0.25) is 0 Å². The Labute approximate surface area is 60.6 Å². The molecule has 0 fully saturated rings. The summed E-state index contributed by atoms with van der Waals surface area (Å²) in [6.45, 7) is 7.67. The van der Waals surface area contributed by atoms with Gasteiger partial charge in [0.2, 0.25) is 5.89 Å². The molecule has 0 aliphatic heterocycles. The molecule has 0 saturated heterocycles. The van der Waals surface area contributed by atoms with Crippen molar-refractivity contribution in [1.82, 2.24) is 4.98 Å². The topological polar surface area (TPSA) is 26.0 Å². The van der Waals surface area contributed by atoms with Gasteiger partial charge in [-0.1, -0.05) is 20.4 Å². The lowest BCUT2D eigenvalue weighted by Crippen LogP contribution is -1.80. The first-order chi connectivity index (χ1) is 4.74. The lowest BCUT2D eigenvalue weighted by molar-refractivity contribution is 0.474. The van der Waals surface area contributed by atoms with Crippen LogP contribution in [0.3, 0.4) is 0 Å². The van der Waals surface area contributed by atoms with E-state index in [-0.39, 0.29) is 0 Å². The fourth-order valence-corrected chi connectivity index (χ4v) is 0.662. The van der Waals surface area contributed by atoms with Crippen molar-refractivity contribution in [3.05, 3.63) is 24.4 Å². The number of hydrogen-bond acceptors (Lipinski definition) is 2. The van der Waals surface area contributed by atoms with Crippen LogP contribution in [-0.4, -0.2) is 4.98 Å². The van der Waals surface area contributed by atoms with Crippen molar-refractivity contribution in [1.29, 1.82) is 0 Å². The second-order valence-corrected chi connectivity index (χ2v) is 2.46. The van der Waals surface area contributed by atoms with Crippen LogP contribution in [0.2, 0.25) is 0 Å². The van der Waals surface area contributed by atoms with E-state index in [0.29, 0.717) is 11.8 Å². The van der Waals surface area contributed by atoms with E-state index in [1.807, 2.05) is 0 Å². The first-order valence-electron chi connectivity index (χ1n) is 3.32. The molecule has 1 heterocycles. The van der Waals surface area contributed by atoms with E-state index in [9.17, 15) is 0 Å². The van der Waals surface area contributed by atoms with E-state index >= 15 is 0 Å². The van der Waals surface area contributed by atoms with Crippen LogP contribution in [0.4, 0.5) is 0 Å². The standard InChI is InChI=1S/C8H11NO/c1-4-8-9-5-7(10-8)6(2)3/h4-6H,1H2,2-3H3. The fourth-order valence-electron chi connectivity index (χ4n) is 0.662. The number of rotatable bonds is 2. The van der Waals surface area contributed by atoms with Crippen LogP contribution in [-0.2, 0) is 0 Å². The van der Waals surface area contributed by atoms with Gasteiger partial charge in [-0.05, 0) is 6.08 Å². The molecule has 1 rings (SSSR count). The van der Waals surface area contributed by atoms with Gasteiger partial charge in [0, 0.05) is 5.92 Å². The Kier molecular flexibility index (Phi) is 1.90. The zero-order valence-electron chi connectivity index (χ0n) is 6.29. The Bertz CT molecular complexity index is 225. The Morgan fingerprint density at radius 2 is 2.40 bits per heavy atom. The van der Waals surface area contributed by atoms with Gasteiger partial charge in [-0.2, -0.15) is 0 Å². The normalized spacial score (nSPS) is 10.3. The molecule has 1 aromatic heterocycles. The summed E-state index contributed by atoms with van der Waals surface area (Å²) in [5, 5.41) is 0. The zero-order valence-corrected chi connectivity index (χ0v) is 6.29. The van der Waals surface area contributed by atoms with E-state index in [1.165, 1.54) is 0 Å². The van der Waals surface area contributed by atoms with Crippen molar-refractivity contribution < 1.29 is 4.42 Å². The van der Waals surface area contributed by atoms with Gasteiger partial charge in [0.15, 0.2) is 0 Å². The SMILES string of the molecule is C=Cc1ncc(C(C)C)o1. The van der Waals surface area contributed by atoms with E-state index in [1.54, 1.807) is 12.3 Å². The lowest BCUT2D eigenvalue weighted by atomic mass is 10.2. The minimum atomic E-state index is 0.404. The van der Waals surface area contributed by atoms with Crippen molar-refractivity contribution >= 4 is 6.08 Å². The van der Waals surface area contributed by atoms with Crippen molar-refractivity contribution in [2.24, 2.45) is 0 Å². The molecule has 0 amide bonds.